The van der Waals surface area contributed by atoms with Gasteiger partial charge in [-0.3, -0.25) is 0 Å². The molecular weight excluding hydrogens is 302 g/mol. The fraction of sp³-hybridized carbons (Fsp3) is 0.0526. The highest BCUT2D eigenvalue weighted by atomic mass is 16.7. The van der Waals surface area contributed by atoms with E-state index in [2.05, 4.69) is 4.98 Å². The lowest BCUT2D eigenvalue weighted by atomic mass is 10.1. The standard InChI is InChI=1S/C19H13N3O2/c1-2-4-13(5-3-1)15-11-19-20-9-8-16(22(19)21-15)14-6-7-17-18(10-14)24-12-23-17/h1-11H,12H2. The third-order valence-electron chi connectivity index (χ3n) is 4.10. The molecule has 0 spiro atoms. The predicted octanol–water partition coefficient (Wildman–Crippen LogP) is 3.79. The van der Waals surface area contributed by atoms with E-state index in [-0.39, 0.29) is 6.79 Å². The van der Waals surface area contributed by atoms with E-state index in [1.54, 1.807) is 6.20 Å². The summed E-state index contributed by atoms with van der Waals surface area (Å²) in [5.41, 5.74) is 4.75. The molecular formula is C19H13N3O2. The van der Waals surface area contributed by atoms with Gasteiger partial charge in [-0.05, 0) is 24.3 Å². The van der Waals surface area contributed by atoms with Gasteiger partial charge in [0.05, 0.1) is 11.4 Å². The van der Waals surface area contributed by atoms with Crippen LogP contribution in [0.2, 0.25) is 0 Å². The Labute approximate surface area is 138 Å². The minimum Gasteiger partial charge on any atom is -0.454 e. The van der Waals surface area contributed by atoms with Crippen molar-refractivity contribution in [2.24, 2.45) is 0 Å². The Bertz CT molecular complexity index is 1040. The Balaban J connectivity index is 1.68. The average Bonchev–Trinajstić information content (AvgIpc) is 3.28. The maximum absolute atomic E-state index is 5.48. The molecule has 1 aliphatic heterocycles. The maximum atomic E-state index is 5.48. The largest absolute Gasteiger partial charge is 0.454 e. The molecule has 0 aliphatic carbocycles. The molecule has 5 nitrogen and oxygen atoms in total. The first kappa shape index (κ1) is 13.1. The number of nitrogens with zero attached hydrogens (tertiary/aromatic N) is 3. The van der Waals surface area contributed by atoms with Crippen molar-refractivity contribution in [1.29, 1.82) is 0 Å². The molecule has 4 aromatic rings. The molecule has 2 aromatic heterocycles. The van der Waals surface area contributed by atoms with Crippen molar-refractivity contribution in [1.82, 2.24) is 14.6 Å². The first-order chi connectivity index (χ1) is 11.9. The highest BCUT2D eigenvalue weighted by Gasteiger charge is 2.16. The van der Waals surface area contributed by atoms with Crippen molar-refractivity contribution in [3.63, 3.8) is 0 Å². The second kappa shape index (κ2) is 5.09. The van der Waals surface area contributed by atoms with Crippen molar-refractivity contribution in [2.45, 2.75) is 0 Å². The van der Waals surface area contributed by atoms with E-state index in [0.29, 0.717) is 0 Å². The van der Waals surface area contributed by atoms with Gasteiger partial charge in [0.15, 0.2) is 17.1 Å². The molecule has 5 heteroatoms. The van der Waals surface area contributed by atoms with Gasteiger partial charge in [-0.25, -0.2) is 9.50 Å². The van der Waals surface area contributed by atoms with E-state index in [1.165, 1.54) is 0 Å². The van der Waals surface area contributed by atoms with E-state index < -0.39 is 0 Å². The number of hydrogen-bond donors (Lipinski definition) is 0. The second-order valence-corrected chi connectivity index (χ2v) is 5.56. The smallest absolute Gasteiger partial charge is 0.231 e. The molecule has 0 fully saturated rings. The monoisotopic (exact) mass is 315 g/mol. The van der Waals surface area contributed by atoms with Gasteiger partial charge < -0.3 is 9.47 Å². The Hall–Kier alpha value is -3.34. The molecule has 116 valence electrons. The van der Waals surface area contributed by atoms with Gasteiger partial charge in [-0.1, -0.05) is 30.3 Å². The van der Waals surface area contributed by atoms with Crippen molar-refractivity contribution < 1.29 is 9.47 Å². The molecule has 0 saturated heterocycles. The van der Waals surface area contributed by atoms with Crippen LogP contribution in [0.15, 0.2) is 66.9 Å². The summed E-state index contributed by atoms with van der Waals surface area (Å²) >= 11 is 0. The highest BCUT2D eigenvalue weighted by Crippen LogP contribution is 2.36. The Morgan fingerprint density at radius 2 is 1.71 bits per heavy atom. The summed E-state index contributed by atoms with van der Waals surface area (Å²) in [6, 6.07) is 19.9. The van der Waals surface area contributed by atoms with Gasteiger partial charge in [0.1, 0.15) is 0 Å². The molecule has 0 atom stereocenters. The van der Waals surface area contributed by atoms with Gasteiger partial charge in [0.25, 0.3) is 0 Å². The van der Waals surface area contributed by atoms with Crippen LogP contribution in [0.3, 0.4) is 0 Å². The van der Waals surface area contributed by atoms with Crippen LogP contribution in [0, 0.1) is 0 Å². The summed E-state index contributed by atoms with van der Waals surface area (Å²) in [7, 11) is 0. The van der Waals surface area contributed by atoms with Crippen LogP contribution >= 0.6 is 0 Å². The third kappa shape index (κ3) is 2.02. The van der Waals surface area contributed by atoms with Gasteiger partial charge in [-0.2, -0.15) is 5.10 Å². The number of aromatic nitrogens is 3. The molecule has 24 heavy (non-hydrogen) atoms. The number of ether oxygens (including phenoxy) is 2. The second-order valence-electron chi connectivity index (χ2n) is 5.56. The Morgan fingerprint density at radius 3 is 2.62 bits per heavy atom. The Morgan fingerprint density at radius 1 is 0.833 bits per heavy atom. The number of fused-ring (bicyclic) bond motifs is 2. The molecule has 0 radical (unpaired) electrons. The fourth-order valence-electron chi connectivity index (χ4n) is 2.92. The zero-order valence-electron chi connectivity index (χ0n) is 12.7. The maximum Gasteiger partial charge on any atom is 0.231 e. The topological polar surface area (TPSA) is 48.7 Å². The first-order valence-corrected chi connectivity index (χ1v) is 7.69. The summed E-state index contributed by atoms with van der Waals surface area (Å²) in [5.74, 6) is 1.53. The Kier molecular flexibility index (Phi) is 2.79. The van der Waals surface area contributed by atoms with Gasteiger partial charge >= 0.3 is 0 Å². The van der Waals surface area contributed by atoms with Gasteiger partial charge in [-0.15, -0.1) is 0 Å². The van der Waals surface area contributed by atoms with Crippen molar-refractivity contribution in [3.05, 3.63) is 66.9 Å². The summed E-state index contributed by atoms with van der Waals surface area (Å²) in [6.45, 7) is 0.268. The molecule has 0 bridgehead atoms. The predicted molar refractivity (Wildman–Crippen MR) is 90.0 cm³/mol. The molecule has 1 aliphatic rings. The van der Waals surface area contributed by atoms with Crippen molar-refractivity contribution in [3.8, 4) is 34.0 Å². The lowest BCUT2D eigenvalue weighted by Crippen LogP contribution is -1.95. The summed E-state index contributed by atoms with van der Waals surface area (Å²) < 4.78 is 12.7. The molecule has 2 aromatic carbocycles. The SMILES string of the molecule is c1ccc(-c2cc3nccc(-c4ccc5c(c4)OCO5)n3n2)cc1. The molecule has 0 saturated carbocycles. The van der Waals surface area contributed by atoms with E-state index in [4.69, 9.17) is 14.6 Å². The van der Waals surface area contributed by atoms with Gasteiger partial charge in [0, 0.05) is 23.4 Å². The highest BCUT2D eigenvalue weighted by molar-refractivity contribution is 5.70. The molecule has 0 unspecified atom stereocenters. The van der Waals surface area contributed by atoms with E-state index in [9.17, 15) is 0 Å². The van der Waals surface area contributed by atoms with Crippen LogP contribution in [-0.4, -0.2) is 21.4 Å². The van der Waals surface area contributed by atoms with Crippen LogP contribution in [0.4, 0.5) is 0 Å². The minimum atomic E-state index is 0.268. The van der Waals surface area contributed by atoms with Crippen LogP contribution < -0.4 is 9.47 Å². The molecule has 0 N–H and O–H groups in total. The summed E-state index contributed by atoms with van der Waals surface area (Å²) in [4.78, 5) is 4.43. The van der Waals surface area contributed by atoms with E-state index in [0.717, 1.165) is 39.7 Å². The van der Waals surface area contributed by atoms with Crippen molar-refractivity contribution >= 4 is 5.65 Å². The normalized spacial score (nSPS) is 12.7. The molecule has 0 amide bonds. The third-order valence-corrected chi connectivity index (χ3v) is 4.10. The van der Waals surface area contributed by atoms with Crippen LogP contribution in [0.25, 0.3) is 28.2 Å². The summed E-state index contributed by atoms with van der Waals surface area (Å²) in [5, 5.41) is 4.73. The average molecular weight is 315 g/mol. The minimum absolute atomic E-state index is 0.268. The van der Waals surface area contributed by atoms with Crippen LogP contribution in [0.5, 0.6) is 11.5 Å². The van der Waals surface area contributed by atoms with Gasteiger partial charge in [0.2, 0.25) is 6.79 Å². The zero-order chi connectivity index (χ0) is 15.9. The quantitative estimate of drug-likeness (QED) is 0.564. The van der Waals surface area contributed by atoms with Crippen LogP contribution in [0.1, 0.15) is 0 Å². The molecule has 3 heterocycles. The molecule has 5 rings (SSSR count). The first-order valence-electron chi connectivity index (χ1n) is 7.69. The lowest BCUT2D eigenvalue weighted by Gasteiger charge is -2.05. The lowest BCUT2D eigenvalue weighted by molar-refractivity contribution is 0.174. The number of benzene rings is 2. The van der Waals surface area contributed by atoms with E-state index in [1.807, 2.05) is 65.2 Å². The number of hydrogen-bond acceptors (Lipinski definition) is 4. The van der Waals surface area contributed by atoms with E-state index >= 15 is 0 Å². The fourth-order valence-corrected chi connectivity index (χ4v) is 2.92. The summed E-state index contributed by atoms with van der Waals surface area (Å²) in [6.07, 6.45) is 1.80. The van der Waals surface area contributed by atoms with Crippen LogP contribution in [-0.2, 0) is 0 Å². The zero-order valence-corrected chi connectivity index (χ0v) is 12.7. The van der Waals surface area contributed by atoms with Crippen molar-refractivity contribution in [2.75, 3.05) is 6.79 Å². The number of rotatable bonds is 2.